The molecule has 0 fully saturated rings. The van der Waals surface area contributed by atoms with E-state index in [4.69, 9.17) is 14.7 Å². The van der Waals surface area contributed by atoms with Crippen molar-refractivity contribution in [1.29, 1.82) is 0 Å². The maximum Gasteiger partial charge on any atom is 0.235 e. The zero-order valence-corrected chi connectivity index (χ0v) is 29.5. The van der Waals surface area contributed by atoms with Crippen LogP contribution in [-0.4, -0.2) is 19.1 Å². The third kappa shape index (κ3) is 4.35. The molecule has 8 aromatic carbocycles. The first-order valence-corrected chi connectivity index (χ1v) is 18.6. The molecular formula is C50H30N4O. The summed E-state index contributed by atoms with van der Waals surface area (Å²) in [6, 6.07) is 64.2. The summed E-state index contributed by atoms with van der Waals surface area (Å²) in [5.41, 5.74) is 12.7. The molecule has 0 saturated heterocycles. The Bertz CT molecular complexity index is 3330. The Hall–Kier alpha value is -7.50. The second-order valence-electron chi connectivity index (χ2n) is 14.1. The molecule has 5 heteroatoms. The van der Waals surface area contributed by atoms with Crippen molar-refractivity contribution in [1.82, 2.24) is 19.1 Å². The summed E-state index contributed by atoms with van der Waals surface area (Å²) >= 11 is 0. The Labute approximate surface area is 316 Å². The third-order valence-electron chi connectivity index (χ3n) is 11.1. The average molecular weight is 703 g/mol. The molecular weight excluding hydrogens is 673 g/mol. The van der Waals surface area contributed by atoms with E-state index in [9.17, 15) is 0 Å². The van der Waals surface area contributed by atoms with Crippen LogP contribution in [0, 0.1) is 0 Å². The zero-order valence-electron chi connectivity index (χ0n) is 29.5. The van der Waals surface area contributed by atoms with E-state index in [-0.39, 0.29) is 0 Å². The van der Waals surface area contributed by atoms with Crippen LogP contribution in [0.5, 0.6) is 11.5 Å². The molecule has 0 unspecified atom stereocenters. The van der Waals surface area contributed by atoms with Gasteiger partial charge in [-0.1, -0.05) is 127 Å². The smallest absolute Gasteiger partial charge is 0.235 e. The fourth-order valence-corrected chi connectivity index (χ4v) is 8.72. The number of rotatable bonds is 4. The highest BCUT2D eigenvalue weighted by Crippen LogP contribution is 2.48. The summed E-state index contributed by atoms with van der Waals surface area (Å²) in [6.45, 7) is 0. The summed E-state index contributed by atoms with van der Waals surface area (Å²) in [7, 11) is 0. The van der Waals surface area contributed by atoms with Gasteiger partial charge in [0.15, 0.2) is 0 Å². The van der Waals surface area contributed by atoms with Crippen LogP contribution >= 0.6 is 0 Å². The molecule has 0 atom stereocenters. The normalized spacial score (nSPS) is 12.1. The Morgan fingerprint density at radius 3 is 1.84 bits per heavy atom. The van der Waals surface area contributed by atoms with Gasteiger partial charge >= 0.3 is 0 Å². The second kappa shape index (κ2) is 11.5. The minimum Gasteiger partial charge on any atom is -0.456 e. The zero-order chi connectivity index (χ0) is 36.0. The van der Waals surface area contributed by atoms with Crippen molar-refractivity contribution in [3.63, 3.8) is 0 Å². The molecule has 0 radical (unpaired) electrons. The molecule has 5 nitrogen and oxygen atoms in total. The van der Waals surface area contributed by atoms with Gasteiger partial charge in [0.05, 0.1) is 38.7 Å². The summed E-state index contributed by atoms with van der Waals surface area (Å²) < 4.78 is 11.2. The number of fused-ring (bicyclic) bond motifs is 9. The van der Waals surface area contributed by atoms with Crippen LogP contribution in [0.1, 0.15) is 0 Å². The first-order chi connectivity index (χ1) is 27.3. The van der Waals surface area contributed by atoms with Gasteiger partial charge in [-0.05, 0) is 71.3 Å². The lowest BCUT2D eigenvalue weighted by Crippen LogP contribution is -2.07. The Balaban J connectivity index is 1.19. The van der Waals surface area contributed by atoms with Gasteiger partial charge in [-0.25, -0.2) is 9.97 Å². The maximum absolute atomic E-state index is 6.49. The first kappa shape index (κ1) is 30.0. The number of ether oxygens (including phenoxy) is 1. The van der Waals surface area contributed by atoms with Gasteiger partial charge in [-0.15, -0.1) is 0 Å². The van der Waals surface area contributed by atoms with E-state index in [1.165, 1.54) is 21.9 Å². The summed E-state index contributed by atoms with van der Waals surface area (Å²) in [5.74, 6) is 2.18. The van der Waals surface area contributed by atoms with Crippen molar-refractivity contribution in [2.45, 2.75) is 0 Å². The number of hydrogen-bond donors (Lipinski definition) is 0. The average Bonchev–Trinajstić information content (AvgIpc) is 3.77. The quantitative estimate of drug-likeness (QED) is 0.183. The molecule has 0 aliphatic carbocycles. The lowest BCUT2D eigenvalue weighted by Gasteiger charge is -2.22. The molecule has 0 spiro atoms. The van der Waals surface area contributed by atoms with Crippen molar-refractivity contribution in [2.75, 3.05) is 0 Å². The van der Waals surface area contributed by atoms with Gasteiger partial charge in [-0.3, -0.25) is 4.57 Å². The van der Waals surface area contributed by atoms with Crippen LogP contribution < -0.4 is 4.74 Å². The van der Waals surface area contributed by atoms with Crippen molar-refractivity contribution in [2.24, 2.45) is 0 Å². The predicted octanol–water partition coefficient (Wildman–Crippen LogP) is 12.9. The van der Waals surface area contributed by atoms with Crippen molar-refractivity contribution >= 4 is 54.5 Å². The van der Waals surface area contributed by atoms with Crippen LogP contribution in [0.25, 0.3) is 99.7 Å². The van der Waals surface area contributed by atoms with Gasteiger partial charge in [0.25, 0.3) is 0 Å². The van der Waals surface area contributed by atoms with Gasteiger partial charge in [-0.2, -0.15) is 0 Å². The van der Waals surface area contributed by atoms with Gasteiger partial charge in [0.1, 0.15) is 11.5 Å². The van der Waals surface area contributed by atoms with Crippen LogP contribution in [-0.2, 0) is 0 Å². The molecule has 3 aromatic heterocycles. The predicted molar refractivity (Wildman–Crippen MR) is 225 cm³/mol. The Kier molecular flexibility index (Phi) is 6.27. The van der Waals surface area contributed by atoms with Gasteiger partial charge in [0.2, 0.25) is 5.95 Å². The molecule has 11 aromatic rings. The molecule has 0 bridgehead atoms. The molecule has 12 rings (SSSR count). The number of aromatic nitrogens is 4. The number of para-hydroxylation sites is 3. The fraction of sp³-hybridized carbons (Fsp3) is 0. The van der Waals surface area contributed by atoms with Crippen LogP contribution in [0.4, 0.5) is 0 Å². The molecule has 1 aliphatic heterocycles. The molecule has 55 heavy (non-hydrogen) atoms. The number of nitrogens with zero attached hydrogens (tertiary/aromatic N) is 4. The summed E-state index contributed by atoms with van der Waals surface area (Å²) in [5, 5.41) is 5.65. The van der Waals surface area contributed by atoms with E-state index in [0.717, 1.165) is 83.3 Å². The molecule has 0 N–H and O–H groups in total. The van der Waals surface area contributed by atoms with Crippen LogP contribution in [0.15, 0.2) is 182 Å². The van der Waals surface area contributed by atoms with Crippen molar-refractivity contribution in [3.05, 3.63) is 182 Å². The fourth-order valence-electron chi connectivity index (χ4n) is 8.72. The minimum atomic E-state index is 0.619. The van der Waals surface area contributed by atoms with E-state index in [1.54, 1.807) is 0 Å². The van der Waals surface area contributed by atoms with E-state index in [1.807, 2.05) is 24.3 Å². The molecule has 256 valence electrons. The molecule has 4 heterocycles. The SMILES string of the molecule is c1ccc(-c2ccc(-n3c4ccccc4c4ccc5c(c6ccccc6n5-c5nc6c7c(ccc(-c8ccccc8)c7n5)Oc5ccccc5-6)c43)cc2)cc1. The monoisotopic (exact) mass is 702 g/mol. The second-order valence-corrected chi connectivity index (χ2v) is 14.1. The number of benzene rings is 8. The minimum absolute atomic E-state index is 0.619. The van der Waals surface area contributed by atoms with E-state index in [2.05, 4.69) is 167 Å². The highest BCUT2D eigenvalue weighted by molar-refractivity contribution is 6.26. The van der Waals surface area contributed by atoms with Crippen LogP contribution in [0.3, 0.4) is 0 Å². The van der Waals surface area contributed by atoms with E-state index < -0.39 is 0 Å². The van der Waals surface area contributed by atoms with E-state index >= 15 is 0 Å². The maximum atomic E-state index is 6.49. The number of hydrogen-bond acceptors (Lipinski definition) is 3. The topological polar surface area (TPSA) is 44.9 Å². The van der Waals surface area contributed by atoms with Gasteiger partial charge < -0.3 is 9.30 Å². The van der Waals surface area contributed by atoms with Gasteiger partial charge in [0, 0.05) is 38.4 Å². The van der Waals surface area contributed by atoms with Crippen molar-refractivity contribution < 1.29 is 4.74 Å². The first-order valence-electron chi connectivity index (χ1n) is 18.6. The standard InChI is InChI=1S/C50H30N4O/c1-3-13-31(14-4-1)32-23-25-34(26-24-32)53-40-20-10-7-17-36(40)37-27-29-42-45(49(37)53)38-18-8-11-21-41(38)54(42)50-51-47-35(33-15-5-2-6-16-33)28-30-44-46(47)48(52-50)39-19-9-12-22-43(39)55-44/h1-30H. The molecule has 1 aliphatic rings. The van der Waals surface area contributed by atoms with E-state index in [0.29, 0.717) is 5.95 Å². The summed E-state index contributed by atoms with van der Waals surface area (Å²) in [4.78, 5) is 10.9. The molecule has 0 amide bonds. The molecule has 0 saturated carbocycles. The Morgan fingerprint density at radius 1 is 0.382 bits per heavy atom. The lowest BCUT2D eigenvalue weighted by atomic mass is 9.96. The third-order valence-corrected chi connectivity index (χ3v) is 11.1. The Morgan fingerprint density at radius 2 is 1.04 bits per heavy atom. The van der Waals surface area contributed by atoms with Crippen LogP contribution in [0.2, 0.25) is 0 Å². The highest BCUT2D eigenvalue weighted by Gasteiger charge is 2.27. The summed E-state index contributed by atoms with van der Waals surface area (Å²) in [6.07, 6.45) is 0. The lowest BCUT2D eigenvalue weighted by molar-refractivity contribution is 0.486. The van der Waals surface area contributed by atoms with Crippen molar-refractivity contribution in [3.8, 4) is 56.6 Å². The largest absolute Gasteiger partial charge is 0.456 e. The highest BCUT2D eigenvalue weighted by atomic mass is 16.5.